The zero-order valence-electron chi connectivity index (χ0n) is 9.49. The molecular weight excluding hydrogens is 330 g/mol. The van der Waals surface area contributed by atoms with E-state index in [0.29, 0.717) is 15.6 Å². The van der Waals surface area contributed by atoms with Crippen LogP contribution >= 0.6 is 26.6 Å². The molecule has 1 aromatic carbocycles. The van der Waals surface area contributed by atoms with Crippen molar-refractivity contribution in [2.75, 3.05) is 14.1 Å². The third-order valence-corrected chi connectivity index (χ3v) is 4.39. The van der Waals surface area contributed by atoms with E-state index in [1.165, 1.54) is 17.0 Å². The standard InChI is InChI=1S/C10H11BrClNO3S/c1-6-8(10(14)13(2)3)4-7(5-9(6)11)17(12,15)16/h4-5H,1-3H3. The summed E-state index contributed by atoms with van der Waals surface area (Å²) in [6.45, 7) is 1.73. The Balaban J connectivity index is 3.51. The van der Waals surface area contributed by atoms with Crippen LogP contribution in [0, 0.1) is 6.92 Å². The van der Waals surface area contributed by atoms with Crippen LogP contribution in [0.15, 0.2) is 21.5 Å². The highest BCUT2D eigenvalue weighted by atomic mass is 79.9. The molecule has 0 aliphatic rings. The molecule has 1 amide bonds. The summed E-state index contributed by atoms with van der Waals surface area (Å²) in [6, 6.07) is 2.66. The number of halogens is 2. The van der Waals surface area contributed by atoms with E-state index in [1.807, 2.05) is 0 Å². The van der Waals surface area contributed by atoms with Gasteiger partial charge < -0.3 is 4.90 Å². The van der Waals surface area contributed by atoms with Crippen molar-refractivity contribution in [3.8, 4) is 0 Å². The van der Waals surface area contributed by atoms with Crippen molar-refractivity contribution >= 4 is 41.6 Å². The summed E-state index contributed by atoms with van der Waals surface area (Å²) < 4.78 is 23.1. The molecule has 1 aromatic rings. The zero-order chi connectivity index (χ0) is 13.4. The van der Waals surface area contributed by atoms with Crippen molar-refractivity contribution < 1.29 is 13.2 Å². The number of rotatable bonds is 2. The molecule has 0 aliphatic heterocycles. The lowest BCUT2D eigenvalue weighted by atomic mass is 10.1. The van der Waals surface area contributed by atoms with E-state index in [1.54, 1.807) is 21.0 Å². The minimum absolute atomic E-state index is 0.0955. The molecule has 0 heterocycles. The van der Waals surface area contributed by atoms with Gasteiger partial charge in [-0.3, -0.25) is 4.79 Å². The summed E-state index contributed by atoms with van der Waals surface area (Å²) in [5, 5.41) is 0. The molecule has 7 heteroatoms. The molecule has 0 unspecified atom stereocenters. The minimum atomic E-state index is -3.85. The Labute approximate surface area is 113 Å². The van der Waals surface area contributed by atoms with E-state index in [2.05, 4.69) is 15.9 Å². The van der Waals surface area contributed by atoms with Crippen LogP contribution in [-0.2, 0) is 9.05 Å². The molecule has 0 radical (unpaired) electrons. The van der Waals surface area contributed by atoms with Gasteiger partial charge in [0.15, 0.2) is 0 Å². The van der Waals surface area contributed by atoms with Gasteiger partial charge in [-0.1, -0.05) is 15.9 Å². The minimum Gasteiger partial charge on any atom is -0.345 e. The summed E-state index contributed by atoms with van der Waals surface area (Å²) in [4.78, 5) is 13.1. The number of amides is 1. The lowest BCUT2D eigenvalue weighted by Gasteiger charge is -2.14. The fraction of sp³-hybridized carbons (Fsp3) is 0.300. The summed E-state index contributed by atoms with van der Waals surface area (Å²) >= 11 is 3.21. The van der Waals surface area contributed by atoms with Crippen molar-refractivity contribution in [1.82, 2.24) is 4.90 Å². The Morgan fingerprint density at radius 2 is 1.88 bits per heavy atom. The summed E-state index contributed by atoms with van der Waals surface area (Å²) in [7, 11) is 4.60. The number of hydrogen-bond donors (Lipinski definition) is 0. The third kappa shape index (κ3) is 3.20. The van der Waals surface area contributed by atoms with Gasteiger partial charge in [0, 0.05) is 34.8 Å². The zero-order valence-corrected chi connectivity index (χ0v) is 12.6. The first-order valence-corrected chi connectivity index (χ1v) is 7.71. The quantitative estimate of drug-likeness (QED) is 0.777. The van der Waals surface area contributed by atoms with E-state index >= 15 is 0 Å². The van der Waals surface area contributed by atoms with Crippen molar-refractivity contribution in [1.29, 1.82) is 0 Å². The lowest BCUT2D eigenvalue weighted by molar-refractivity contribution is 0.0826. The first-order valence-electron chi connectivity index (χ1n) is 4.61. The van der Waals surface area contributed by atoms with Gasteiger partial charge >= 0.3 is 0 Å². The van der Waals surface area contributed by atoms with Crippen LogP contribution in [0.4, 0.5) is 0 Å². The second kappa shape index (κ2) is 4.96. The number of benzene rings is 1. The molecule has 0 spiro atoms. The Kier molecular flexibility index (Phi) is 4.22. The normalized spacial score (nSPS) is 11.4. The molecule has 0 saturated carbocycles. The Morgan fingerprint density at radius 3 is 2.29 bits per heavy atom. The van der Waals surface area contributed by atoms with E-state index < -0.39 is 9.05 Å². The largest absolute Gasteiger partial charge is 0.345 e. The summed E-state index contributed by atoms with van der Waals surface area (Å²) in [5.74, 6) is -0.273. The highest BCUT2D eigenvalue weighted by Gasteiger charge is 2.19. The van der Waals surface area contributed by atoms with Gasteiger partial charge in [0.05, 0.1) is 4.90 Å². The lowest BCUT2D eigenvalue weighted by Crippen LogP contribution is -2.23. The van der Waals surface area contributed by atoms with E-state index in [9.17, 15) is 13.2 Å². The number of carbonyl (C=O) groups excluding carboxylic acids is 1. The smallest absolute Gasteiger partial charge is 0.261 e. The highest BCUT2D eigenvalue weighted by Crippen LogP contribution is 2.27. The van der Waals surface area contributed by atoms with Crippen molar-refractivity contribution in [3.63, 3.8) is 0 Å². The van der Waals surface area contributed by atoms with Crippen LogP contribution in [0.2, 0.25) is 0 Å². The van der Waals surface area contributed by atoms with Gasteiger partial charge in [0.25, 0.3) is 15.0 Å². The van der Waals surface area contributed by atoms with E-state index in [4.69, 9.17) is 10.7 Å². The molecule has 0 atom stereocenters. The monoisotopic (exact) mass is 339 g/mol. The molecular formula is C10H11BrClNO3S. The molecule has 0 aliphatic carbocycles. The number of nitrogens with zero attached hydrogens (tertiary/aromatic N) is 1. The molecule has 4 nitrogen and oxygen atoms in total. The van der Waals surface area contributed by atoms with Crippen LogP contribution in [-0.4, -0.2) is 33.3 Å². The second-order valence-electron chi connectivity index (χ2n) is 3.72. The average Bonchev–Trinajstić information content (AvgIpc) is 2.19. The molecule has 1 rings (SSSR count). The Morgan fingerprint density at radius 1 is 1.35 bits per heavy atom. The van der Waals surface area contributed by atoms with Gasteiger partial charge in [-0.15, -0.1) is 0 Å². The van der Waals surface area contributed by atoms with Gasteiger partial charge in [0.2, 0.25) is 0 Å². The maximum absolute atomic E-state index is 11.9. The fourth-order valence-corrected chi connectivity index (χ4v) is 2.65. The van der Waals surface area contributed by atoms with Crippen LogP contribution in [0.5, 0.6) is 0 Å². The predicted octanol–water partition coefficient (Wildman–Crippen LogP) is 2.39. The maximum Gasteiger partial charge on any atom is 0.261 e. The van der Waals surface area contributed by atoms with Gasteiger partial charge in [0.1, 0.15) is 0 Å². The number of hydrogen-bond acceptors (Lipinski definition) is 3. The van der Waals surface area contributed by atoms with Crippen molar-refractivity contribution in [2.24, 2.45) is 0 Å². The molecule has 0 saturated heterocycles. The van der Waals surface area contributed by atoms with E-state index in [-0.39, 0.29) is 10.8 Å². The first kappa shape index (κ1) is 14.5. The summed E-state index contributed by atoms with van der Waals surface area (Å²) in [5.41, 5.74) is 0.983. The SMILES string of the molecule is Cc1c(Br)cc(S(=O)(=O)Cl)cc1C(=O)N(C)C. The molecule has 94 valence electrons. The average molecular weight is 341 g/mol. The molecule has 0 aromatic heterocycles. The molecule has 0 bridgehead atoms. The fourth-order valence-electron chi connectivity index (χ4n) is 1.26. The molecule has 17 heavy (non-hydrogen) atoms. The Hall–Kier alpha value is -0.590. The van der Waals surface area contributed by atoms with Crippen LogP contribution in [0.1, 0.15) is 15.9 Å². The number of carbonyl (C=O) groups is 1. The van der Waals surface area contributed by atoms with Gasteiger partial charge in [-0.2, -0.15) is 0 Å². The second-order valence-corrected chi connectivity index (χ2v) is 7.14. The first-order chi connectivity index (χ1) is 7.64. The topological polar surface area (TPSA) is 54.5 Å². The van der Waals surface area contributed by atoms with Crippen molar-refractivity contribution in [3.05, 3.63) is 27.7 Å². The summed E-state index contributed by atoms with van der Waals surface area (Å²) in [6.07, 6.45) is 0. The Bertz CT molecular complexity index is 569. The maximum atomic E-state index is 11.9. The van der Waals surface area contributed by atoms with Crippen molar-refractivity contribution in [2.45, 2.75) is 11.8 Å². The van der Waals surface area contributed by atoms with Gasteiger partial charge in [-0.25, -0.2) is 8.42 Å². The molecule has 0 fully saturated rings. The molecule has 0 N–H and O–H groups in total. The van der Waals surface area contributed by atoms with E-state index in [0.717, 1.165) is 0 Å². The van der Waals surface area contributed by atoms with Gasteiger partial charge in [-0.05, 0) is 24.6 Å². The van der Waals surface area contributed by atoms with Crippen LogP contribution in [0.25, 0.3) is 0 Å². The highest BCUT2D eigenvalue weighted by molar-refractivity contribution is 9.10. The van der Waals surface area contributed by atoms with Crippen LogP contribution in [0.3, 0.4) is 0 Å². The predicted molar refractivity (Wildman–Crippen MR) is 69.9 cm³/mol. The van der Waals surface area contributed by atoms with Crippen LogP contribution < -0.4 is 0 Å². The third-order valence-electron chi connectivity index (χ3n) is 2.24.